The standard InChI is InChI=1S/C31H17NS/c1-32-21-12-15-31-29(17-21)28-16-20(11-14-30(28)33-31)26-18-27-22-7-3-2-6-19(22)10-13-25(27)23-8-4-5-9-24(23)26/h2-18H. The second-order valence-electron chi connectivity index (χ2n) is 8.46. The van der Waals surface area contributed by atoms with Crippen LogP contribution in [0.5, 0.6) is 0 Å². The van der Waals surface area contributed by atoms with Gasteiger partial charge in [-0.25, -0.2) is 4.85 Å². The molecule has 0 saturated carbocycles. The summed E-state index contributed by atoms with van der Waals surface area (Å²) in [5.41, 5.74) is 3.15. The Kier molecular flexibility index (Phi) is 3.85. The molecular weight excluding hydrogens is 418 g/mol. The number of nitrogens with zero attached hydrogens (tertiary/aromatic N) is 1. The Labute approximate surface area is 195 Å². The third-order valence-corrected chi connectivity index (χ3v) is 7.81. The highest BCUT2D eigenvalue weighted by molar-refractivity contribution is 7.25. The molecule has 0 radical (unpaired) electrons. The van der Waals surface area contributed by atoms with E-state index in [0.717, 1.165) is 0 Å². The van der Waals surface area contributed by atoms with E-state index in [0.29, 0.717) is 5.69 Å². The highest BCUT2D eigenvalue weighted by Gasteiger charge is 2.13. The number of rotatable bonds is 1. The van der Waals surface area contributed by atoms with Crippen molar-refractivity contribution in [3.8, 4) is 11.1 Å². The monoisotopic (exact) mass is 435 g/mol. The summed E-state index contributed by atoms with van der Waals surface area (Å²) in [6, 6.07) is 37.0. The van der Waals surface area contributed by atoms with Crippen LogP contribution in [0.15, 0.2) is 103 Å². The molecule has 0 aliphatic heterocycles. The maximum Gasteiger partial charge on any atom is 0.187 e. The van der Waals surface area contributed by atoms with E-state index in [1.165, 1.54) is 63.6 Å². The van der Waals surface area contributed by atoms with Crippen molar-refractivity contribution in [2.24, 2.45) is 0 Å². The molecule has 0 bridgehead atoms. The zero-order chi connectivity index (χ0) is 21.9. The molecule has 1 heterocycles. The van der Waals surface area contributed by atoms with Crippen molar-refractivity contribution >= 4 is 69.5 Å². The first-order chi connectivity index (χ1) is 16.3. The zero-order valence-electron chi connectivity index (χ0n) is 17.7. The minimum Gasteiger partial charge on any atom is -0.238 e. The van der Waals surface area contributed by atoms with Crippen LogP contribution in [0.1, 0.15) is 0 Å². The maximum absolute atomic E-state index is 7.42. The molecule has 0 amide bonds. The van der Waals surface area contributed by atoms with Gasteiger partial charge >= 0.3 is 0 Å². The van der Waals surface area contributed by atoms with Gasteiger partial charge in [0.2, 0.25) is 0 Å². The average molecular weight is 436 g/mol. The van der Waals surface area contributed by atoms with Crippen molar-refractivity contribution in [3.63, 3.8) is 0 Å². The fourth-order valence-corrected chi connectivity index (χ4v) is 6.17. The Balaban J connectivity index is 1.60. The van der Waals surface area contributed by atoms with Crippen molar-refractivity contribution < 1.29 is 0 Å². The fourth-order valence-electron chi connectivity index (χ4n) is 5.10. The lowest BCUT2D eigenvalue weighted by atomic mass is 9.90. The minimum atomic E-state index is 0.690. The first-order valence-corrected chi connectivity index (χ1v) is 11.8. The third-order valence-electron chi connectivity index (χ3n) is 6.66. The van der Waals surface area contributed by atoms with Gasteiger partial charge in [0.1, 0.15) is 0 Å². The maximum atomic E-state index is 7.42. The van der Waals surface area contributed by atoms with E-state index < -0.39 is 0 Å². The predicted molar refractivity (Wildman–Crippen MR) is 144 cm³/mol. The Morgan fingerprint density at radius 3 is 2.06 bits per heavy atom. The second-order valence-corrected chi connectivity index (χ2v) is 9.54. The van der Waals surface area contributed by atoms with Crippen LogP contribution < -0.4 is 0 Å². The van der Waals surface area contributed by atoms with Gasteiger partial charge in [0, 0.05) is 9.40 Å². The number of hydrogen-bond acceptors (Lipinski definition) is 1. The van der Waals surface area contributed by atoms with Crippen LogP contribution in [0.2, 0.25) is 0 Å². The molecule has 2 heteroatoms. The van der Waals surface area contributed by atoms with Gasteiger partial charge in [-0.15, -0.1) is 11.3 Å². The third kappa shape index (κ3) is 2.70. The van der Waals surface area contributed by atoms with Crippen molar-refractivity contribution in [2.75, 3.05) is 0 Å². The van der Waals surface area contributed by atoms with Gasteiger partial charge in [-0.2, -0.15) is 0 Å². The van der Waals surface area contributed by atoms with Crippen LogP contribution in [0.3, 0.4) is 0 Å². The molecule has 0 spiro atoms. The summed E-state index contributed by atoms with van der Waals surface area (Å²) >= 11 is 1.79. The molecule has 0 N–H and O–H groups in total. The molecule has 0 aliphatic carbocycles. The summed E-state index contributed by atoms with van der Waals surface area (Å²) in [5, 5.41) is 10.1. The Morgan fingerprint density at radius 1 is 0.515 bits per heavy atom. The van der Waals surface area contributed by atoms with Crippen molar-refractivity contribution in [3.05, 3.63) is 115 Å². The predicted octanol–water partition coefficient (Wildman–Crippen LogP) is 9.73. The van der Waals surface area contributed by atoms with E-state index in [-0.39, 0.29) is 0 Å². The van der Waals surface area contributed by atoms with Gasteiger partial charge in [0.05, 0.1) is 6.57 Å². The lowest BCUT2D eigenvalue weighted by Gasteiger charge is -2.13. The Morgan fingerprint density at radius 2 is 1.21 bits per heavy atom. The fraction of sp³-hybridized carbons (Fsp3) is 0. The summed E-state index contributed by atoms with van der Waals surface area (Å²) in [4.78, 5) is 3.65. The van der Waals surface area contributed by atoms with Crippen LogP contribution in [-0.2, 0) is 0 Å². The van der Waals surface area contributed by atoms with Gasteiger partial charge in [-0.3, -0.25) is 0 Å². The molecule has 6 aromatic carbocycles. The molecule has 0 atom stereocenters. The van der Waals surface area contributed by atoms with Gasteiger partial charge in [0.25, 0.3) is 0 Å². The summed E-state index contributed by atoms with van der Waals surface area (Å²) in [5.74, 6) is 0. The number of fused-ring (bicyclic) bond motifs is 8. The van der Waals surface area contributed by atoms with E-state index in [9.17, 15) is 0 Å². The normalized spacial score (nSPS) is 11.6. The molecule has 0 unspecified atom stereocenters. The molecule has 1 aromatic heterocycles. The van der Waals surface area contributed by atoms with Crippen LogP contribution in [0, 0.1) is 6.57 Å². The Hall–Kier alpha value is -4.19. The summed E-state index contributed by atoms with van der Waals surface area (Å²) in [7, 11) is 0. The molecule has 33 heavy (non-hydrogen) atoms. The second kappa shape index (κ2) is 6.90. The minimum absolute atomic E-state index is 0.690. The van der Waals surface area contributed by atoms with Gasteiger partial charge in [-0.05, 0) is 78.5 Å². The van der Waals surface area contributed by atoms with Crippen molar-refractivity contribution in [1.29, 1.82) is 0 Å². The van der Waals surface area contributed by atoms with Crippen LogP contribution in [-0.4, -0.2) is 0 Å². The number of hydrogen-bond donors (Lipinski definition) is 0. The van der Waals surface area contributed by atoms with Crippen molar-refractivity contribution in [1.82, 2.24) is 0 Å². The topological polar surface area (TPSA) is 4.36 Å². The lowest BCUT2D eigenvalue weighted by molar-refractivity contribution is 1.73. The van der Waals surface area contributed by atoms with Gasteiger partial charge in [-0.1, -0.05) is 78.9 Å². The first kappa shape index (κ1) is 18.4. The quantitative estimate of drug-likeness (QED) is 0.178. The number of thiophene rings is 1. The average Bonchev–Trinajstić information content (AvgIpc) is 3.25. The summed E-state index contributed by atoms with van der Waals surface area (Å²) in [6.07, 6.45) is 0. The molecule has 0 fully saturated rings. The number of benzene rings is 6. The summed E-state index contributed by atoms with van der Waals surface area (Å²) in [6.45, 7) is 7.42. The largest absolute Gasteiger partial charge is 0.238 e. The molecular formula is C31H17NS. The highest BCUT2D eigenvalue weighted by atomic mass is 32.1. The molecule has 0 aliphatic rings. The van der Waals surface area contributed by atoms with E-state index in [1.54, 1.807) is 11.3 Å². The molecule has 1 nitrogen and oxygen atoms in total. The van der Waals surface area contributed by atoms with Gasteiger partial charge < -0.3 is 0 Å². The molecule has 0 saturated heterocycles. The molecule has 7 aromatic rings. The lowest BCUT2D eigenvalue weighted by Crippen LogP contribution is -1.86. The van der Waals surface area contributed by atoms with Crippen LogP contribution in [0.25, 0.3) is 68.5 Å². The van der Waals surface area contributed by atoms with E-state index in [1.807, 2.05) is 12.1 Å². The van der Waals surface area contributed by atoms with Crippen molar-refractivity contribution in [2.45, 2.75) is 0 Å². The zero-order valence-corrected chi connectivity index (χ0v) is 18.5. The molecule has 7 rings (SSSR count). The van der Waals surface area contributed by atoms with Crippen LogP contribution >= 0.6 is 11.3 Å². The highest BCUT2D eigenvalue weighted by Crippen LogP contribution is 2.41. The first-order valence-electron chi connectivity index (χ1n) is 11.0. The molecule has 152 valence electrons. The smallest absolute Gasteiger partial charge is 0.187 e. The van der Waals surface area contributed by atoms with E-state index in [2.05, 4.69) is 95.8 Å². The Bertz CT molecular complexity index is 1930. The summed E-state index contributed by atoms with van der Waals surface area (Å²) < 4.78 is 2.48. The van der Waals surface area contributed by atoms with Gasteiger partial charge in [0.15, 0.2) is 5.69 Å². The van der Waals surface area contributed by atoms with E-state index in [4.69, 9.17) is 6.57 Å². The van der Waals surface area contributed by atoms with Crippen LogP contribution in [0.4, 0.5) is 5.69 Å². The van der Waals surface area contributed by atoms with E-state index >= 15 is 0 Å². The SMILES string of the molecule is [C-]#[N+]c1ccc2sc3ccc(-c4cc5c6ccccc6ccc5c5ccccc45)cc3c2c1.